The number of benzene rings is 2. The van der Waals surface area contributed by atoms with Crippen LogP contribution in [-0.4, -0.2) is 32.9 Å². The maximum Gasteiger partial charge on any atom is 0.196 e. The predicted molar refractivity (Wildman–Crippen MR) is 97.1 cm³/mol. The second kappa shape index (κ2) is 6.90. The predicted octanol–water partition coefficient (Wildman–Crippen LogP) is 3.83. The van der Waals surface area contributed by atoms with Gasteiger partial charge in [0.05, 0.1) is 18.0 Å². The minimum Gasteiger partial charge on any atom is -0.493 e. The first-order valence-electron chi connectivity index (χ1n) is 7.78. The summed E-state index contributed by atoms with van der Waals surface area (Å²) in [5.74, 6) is 1.23. The van der Waals surface area contributed by atoms with Gasteiger partial charge in [0, 0.05) is 17.0 Å². The number of carbonyl (C=O) groups is 1. The maximum absolute atomic E-state index is 12.5. The third-order valence-electron chi connectivity index (χ3n) is 3.95. The molecule has 4 rings (SSSR count). The number of carbonyl (C=O) groups excluding carboxylic acids is 1. The lowest BCUT2D eigenvalue weighted by Crippen LogP contribution is -2.04. The van der Waals surface area contributed by atoms with Crippen LogP contribution in [-0.2, 0) is 6.42 Å². The van der Waals surface area contributed by atoms with Gasteiger partial charge in [-0.2, -0.15) is 0 Å². The summed E-state index contributed by atoms with van der Waals surface area (Å²) in [6.45, 7) is 0.685. The smallest absolute Gasteiger partial charge is 0.196 e. The number of nitrogens with zero attached hydrogens (tertiary/aromatic N) is 3. The Labute approximate surface area is 154 Å². The molecule has 2 aromatic carbocycles. The van der Waals surface area contributed by atoms with Gasteiger partial charge in [-0.05, 0) is 42.0 Å². The number of Topliss-reactive ketones (excluding diaryl/α,β-unsaturated/α-hetero) is 1. The van der Waals surface area contributed by atoms with Gasteiger partial charge in [0.25, 0.3) is 0 Å². The van der Waals surface area contributed by atoms with E-state index >= 15 is 0 Å². The normalized spacial score (nSPS) is 12.7. The van der Waals surface area contributed by atoms with Crippen LogP contribution in [0.3, 0.4) is 0 Å². The average Bonchev–Trinajstić information content (AvgIpc) is 3.28. The van der Waals surface area contributed by atoms with Crippen molar-refractivity contribution in [2.24, 2.45) is 0 Å². The zero-order valence-electron chi connectivity index (χ0n) is 13.2. The Morgan fingerprint density at radius 3 is 3.08 bits per heavy atom. The molecule has 25 heavy (non-hydrogen) atoms. The van der Waals surface area contributed by atoms with Gasteiger partial charge in [-0.3, -0.25) is 9.36 Å². The number of ketones is 1. The summed E-state index contributed by atoms with van der Waals surface area (Å²) < 4.78 is 7.30. The lowest BCUT2D eigenvalue weighted by molar-refractivity contribution is 0.102. The Balaban J connectivity index is 1.49. The van der Waals surface area contributed by atoms with Crippen LogP contribution in [0.1, 0.15) is 15.9 Å². The molecule has 0 bridgehead atoms. The molecule has 1 aliphatic heterocycles. The monoisotopic (exact) mass is 371 g/mol. The summed E-state index contributed by atoms with van der Waals surface area (Å²) in [6.07, 6.45) is 2.47. The SMILES string of the molecule is O=C(CSc1nncn1-c1cccc(Cl)c1)c1ccc2c(c1)CCO2. The first kappa shape index (κ1) is 16.2. The Bertz CT molecular complexity index is 942. The Hall–Kier alpha value is -2.31. The molecular formula is C18H14ClN3O2S. The average molecular weight is 372 g/mol. The van der Waals surface area contributed by atoms with E-state index in [-0.39, 0.29) is 5.78 Å². The standard InChI is InChI=1S/C18H14ClN3O2S/c19-14-2-1-3-15(9-14)22-11-20-21-18(22)25-10-16(23)12-4-5-17-13(8-12)6-7-24-17/h1-5,8-9,11H,6-7,10H2. The molecule has 0 saturated heterocycles. The van der Waals surface area contributed by atoms with E-state index in [1.807, 2.05) is 47.0 Å². The highest BCUT2D eigenvalue weighted by Crippen LogP contribution is 2.27. The van der Waals surface area contributed by atoms with Crippen LogP contribution in [0.2, 0.25) is 5.02 Å². The highest BCUT2D eigenvalue weighted by molar-refractivity contribution is 7.99. The molecule has 1 aliphatic rings. The Kier molecular flexibility index (Phi) is 4.46. The van der Waals surface area contributed by atoms with E-state index in [9.17, 15) is 4.79 Å². The highest BCUT2D eigenvalue weighted by Gasteiger charge is 2.16. The molecule has 0 N–H and O–H groups in total. The summed E-state index contributed by atoms with van der Waals surface area (Å²) in [6, 6.07) is 13.0. The van der Waals surface area contributed by atoms with Crippen LogP contribution in [0.5, 0.6) is 5.75 Å². The summed E-state index contributed by atoms with van der Waals surface area (Å²) in [4.78, 5) is 12.5. The van der Waals surface area contributed by atoms with Crippen molar-refractivity contribution in [2.45, 2.75) is 11.6 Å². The molecule has 0 unspecified atom stereocenters. The number of thioether (sulfide) groups is 1. The van der Waals surface area contributed by atoms with Gasteiger partial charge in [-0.1, -0.05) is 29.4 Å². The van der Waals surface area contributed by atoms with Crippen LogP contribution < -0.4 is 4.74 Å². The van der Waals surface area contributed by atoms with Gasteiger partial charge in [0.15, 0.2) is 10.9 Å². The van der Waals surface area contributed by atoms with Gasteiger partial charge >= 0.3 is 0 Å². The molecule has 0 aliphatic carbocycles. The van der Waals surface area contributed by atoms with Gasteiger partial charge in [-0.15, -0.1) is 10.2 Å². The van der Waals surface area contributed by atoms with Crippen LogP contribution in [0.15, 0.2) is 53.9 Å². The molecule has 0 saturated carbocycles. The summed E-state index contributed by atoms with van der Waals surface area (Å²) in [7, 11) is 0. The largest absolute Gasteiger partial charge is 0.493 e. The van der Waals surface area contributed by atoms with Gasteiger partial charge in [0.2, 0.25) is 0 Å². The number of fused-ring (bicyclic) bond motifs is 1. The molecule has 7 heteroatoms. The second-order valence-electron chi connectivity index (χ2n) is 5.60. The first-order valence-corrected chi connectivity index (χ1v) is 9.15. The van der Waals surface area contributed by atoms with E-state index in [1.165, 1.54) is 11.8 Å². The quantitative estimate of drug-likeness (QED) is 0.504. The van der Waals surface area contributed by atoms with Crippen LogP contribution in [0, 0.1) is 0 Å². The molecule has 0 spiro atoms. The van der Waals surface area contributed by atoms with Crippen molar-refractivity contribution in [1.29, 1.82) is 0 Å². The minimum atomic E-state index is 0.0559. The van der Waals surface area contributed by atoms with Gasteiger partial charge < -0.3 is 4.74 Å². The molecule has 0 amide bonds. The minimum absolute atomic E-state index is 0.0559. The molecule has 5 nitrogen and oxygen atoms in total. The molecule has 0 atom stereocenters. The molecule has 0 radical (unpaired) electrons. The van der Waals surface area contributed by atoms with Crippen molar-refractivity contribution in [1.82, 2.24) is 14.8 Å². The zero-order chi connectivity index (χ0) is 17.2. The highest BCUT2D eigenvalue weighted by atomic mass is 35.5. The van der Waals surface area contributed by atoms with Crippen molar-refractivity contribution >= 4 is 29.1 Å². The van der Waals surface area contributed by atoms with Crippen LogP contribution in [0.4, 0.5) is 0 Å². The third-order valence-corrected chi connectivity index (χ3v) is 5.12. The lowest BCUT2D eigenvalue weighted by Gasteiger charge is -2.07. The van der Waals surface area contributed by atoms with E-state index in [2.05, 4.69) is 10.2 Å². The number of halogens is 1. The third kappa shape index (κ3) is 3.41. The first-order chi connectivity index (χ1) is 12.2. The van der Waals surface area contributed by atoms with Crippen LogP contribution >= 0.6 is 23.4 Å². The number of rotatable bonds is 5. The van der Waals surface area contributed by atoms with E-state index in [0.717, 1.165) is 23.4 Å². The molecule has 2 heterocycles. The van der Waals surface area contributed by atoms with Crippen LogP contribution in [0.25, 0.3) is 5.69 Å². The molecule has 0 fully saturated rings. The maximum atomic E-state index is 12.5. The summed E-state index contributed by atoms with van der Waals surface area (Å²) in [5.41, 5.74) is 2.66. The Morgan fingerprint density at radius 1 is 1.28 bits per heavy atom. The summed E-state index contributed by atoms with van der Waals surface area (Å²) >= 11 is 7.40. The topological polar surface area (TPSA) is 57.0 Å². The number of aromatic nitrogens is 3. The fourth-order valence-corrected chi connectivity index (χ4v) is 3.71. The van der Waals surface area contributed by atoms with E-state index in [0.29, 0.717) is 28.1 Å². The number of ether oxygens (including phenoxy) is 1. The molecule has 3 aromatic rings. The van der Waals surface area contributed by atoms with Gasteiger partial charge in [0.1, 0.15) is 12.1 Å². The van der Waals surface area contributed by atoms with E-state index in [4.69, 9.17) is 16.3 Å². The Morgan fingerprint density at radius 2 is 2.20 bits per heavy atom. The van der Waals surface area contributed by atoms with Gasteiger partial charge in [-0.25, -0.2) is 0 Å². The van der Waals surface area contributed by atoms with Crippen molar-refractivity contribution < 1.29 is 9.53 Å². The molecule has 126 valence electrons. The fraction of sp³-hybridized carbons (Fsp3) is 0.167. The molecular weight excluding hydrogens is 358 g/mol. The number of hydrogen-bond donors (Lipinski definition) is 0. The van der Waals surface area contributed by atoms with Crippen molar-refractivity contribution in [2.75, 3.05) is 12.4 Å². The second-order valence-corrected chi connectivity index (χ2v) is 6.98. The van der Waals surface area contributed by atoms with E-state index < -0.39 is 0 Å². The lowest BCUT2D eigenvalue weighted by atomic mass is 10.1. The van der Waals surface area contributed by atoms with Crippen molar-refractivity contribution in [3.8, 4) is 11.4 Å². The van der Waals surface area contributed by atoms with Crippen molar-refractivity contribution in [3.05, 3.63) is 64.9 Å². The summed E-state index contributed by atoms with van der Waals surface area (Å²) in [5, 5.41) is 9.34. The molecule has 1 aromatic heterocycles. The fourth-order valence-electron chi connectivity index (χ4n) is 2.70. The zero-order valence-corrected chi connectivity index (χ0v) is 14.8. The van der Waals surface area contributed by atoms with E-state index in [1.54, 1.807) is 6.33 Å². The van der Waals surface area contributed by atoms with Crippen molar-refractivity contribution in [3.63, 3.8) is 0 Å². The number of hydrogen-bond acceptors (Lipinski definition) is 5.